The van der Waals surface area contributed by atoms with Crippen LogP contribution in [0, 0.1) is 22.7 Å². The molecule has 0 saturated heterocycles. The van der Waals surface area contributed by atoms with Gasteiger partial charge in [0.1, 0.15) is 23.6 Å². The van der Waals surface area contributed by atoms with Crippen molar-refractivity contribution in [2.45, 2.75) is 11.7 Å². The third-order valence-electron chi connectivity index (χ3n) is 8.66. The zero-order chi connectivity index (χ0) is 35.6. The van der Waals surface area contributed by atoms with Crippen LogP contribution in [0.4, 0.5) is 0 Å². The van der Waals surface area contributed by atoms with Crippen molar-refractivity contribution in [2.24, 2.45) is 0 Å². The molecule has 8 rings (SSSR count). The average molecular weight is 785 g/mol. The maximum atomic E-state index is 9.72. The Morgan fingerprint density at radius 3 is 1.85 bits per heavy atom. The number of fused-ring (bicyclic) bond motifs is 1. The summed E-state index contributed by atoms with van der Waals surface area (Å²) < 4.78 is 12.2. The number of thiophene rings is 5. The molecule has 0 bridgehead atoms. The molecule has 0 amide bonds. The molecule has 4 nitrogen and oxygen atoms in total. The second kappa shape index (κ2) is 15.1. The minimum absolute atomic E-state index is 0.316. The van der Waals surface area contributed by atoms with Crippen LogP contribution in [0.1, 0.15) is 31.2 Å². The van der Waals surface area contributed by atoms with Crippen LogP contribution in [0.2, 0.25) is 0 Å². The third kappa shape index (κ3) is 6.70. The number of benzene rings is 2. The van der Waals surface area contributed by atoms with E-state index in [9.17, 15) is 10.5 Å². The van der Waals surface area contributed by atoms with Gasteiger partial charge in [-0.3, -0.25) is 0 Å². The molecule has 0 fully saturated rings. The van der Waals surface area contributed by atoms with Crippen molar-refractivity contribution in [1.29, 1.82) is 10.5 Å². The van der Waals surface area contributed by atoms with E-state index in [0.29, 0.717) is 16.4 Å². The molecule has 0 saturated carbocycles. The monoisotopic (exact) mass is 784 g/mol. The van der Waals surface area contributed by atoms with E-state index in [0.717, 1.165) is 74.0 Å². The Hall–Kier alpha value is -4.65. The number of allylic oxidation sites excluding steroid dienone is 4. The fraction of sp³-hybridized carbons (Fsp3) is 0.0952. The highest BCUT2D eigenvalue weighted by Gasteiger charge is 2.23. The van der Waals surface area contributed by atoms with Gasteiger partial charge in [-0.15, -0.1) is 68.4 Å². The van der Waals surface area contributed by atoms with E-state index in [4.69, 9.17) is 9.47 Å². The summed E-state index contributed by atoms with van der Waals surface area (Å²) in [5, 5.41) is 25.7. The van der Waals surface area contributed by atoms with Gasteiger partial charge < -0.3 is 9.47 Å². The summed E-state index contributed by atoms with van der Waals surface area (Å²) in [5.74, 6) is 1.65. The molecule has 2 aromatic carbocycles. The molecular formula is C42H28N2O2S6. The summed E-state index contributed by atoms with van der Waals surface area (Å²) in [6.07, 6.45) is 7.16. The van der Waals surface area contributed by atoms with Crippen LogP contribution in [-0.4, -0.2) is 14.2 Å². The first-order valence-electron chi connectivity index (χ1n) is 16.2. The SMILES string of the molecule is COc1c(-c2ccc(-c3ccc(/C=C(\C#N)c4cccs4)s3)s2)ccc2c(OC)c(-c3ccc(C4CC=C(/C=C(\C#N)c5cccs5)S4)s3)ccc12. The molecule has 0 radical (unpaired) electrons. The largest absolute Gasteiger partial charge is 0.495 e. The lowest BCUT2D eigenvalue weighted by Gasteiger charge is -2.15. The Morgan fingerprint density at radius 2 is 1.23 bits per heavy atom. The van der Waals surface area contributed by atoms with Crippen LogP contribution in [0.3, 0.4) is 0 Å². The molecule has 1 atom stereocenters. The maximum absolute atomic E-state index is 9.72. The Balaban J connectivity index is 1.05. The second-order valence-corrected chi connectivity index (χ2v) is 18.2. The summed E-state index contributed by atoms with van der Waals surface area (Å²) in [6, 6.07) is 34.1. The van der Waals surface area contributed by atoms with Gasteiger partial charge in [0.25, 0.3) is 0 Å². The topological polar surface area (TPSA) is 66.0 Å². The fourth-order valence-electron chi connectivity index (χ4n) is 6.24. The van der Waals surface area contributed by atoms with Gasteiger partial charge in [0, 0.05) is 71.1 Å². The summed E-state index contributed by atoms with van der Waals surface area (Å²) in [4.78, 5) is 10.1. The Kier molecular flexibility index (Phi) is 10.0. The van der Waals surface area contributed by atoms with Crippen LogP contribution in [0.15, 0.2) is 113 Å². The predicted octanol–water partition coefficient (Wildman–Crippen LogP) is 13.9. The van der Waals surface area contributed by atoms with Gasteiger partial charge in [-0.05, 0) is 102 Å². The molecule has 254 valence electrons. The number of rotatable bonds is 10. The first-order chi connectivity index (χ1) is 25.6. The summed E-state index contributed by atoms with van der Waals surface area (Å²) in [5.41, 5.74) is 3.49. The summed E-state index contributed by atoms with van der Waals surface area (Å²) in [7, 11) is 3.46. The first-order valence-corrected chi connectivity index (χ1v) is 21.3. The van der Waals surface area contributed by atoms with Gasteiger partial charge in [0.15, 0.2) is 0 Å². The van der Waals surface area contributed by atoms with Crippen molar-refractivity contribution in [3.8, 4) is 54.3 Å². The number of nitrogens with zero attached hydrogens (tertiary/aromatic N) is 2. The van der Waals surface area contributed by atoms with Gasteiger partial charge >= 0.3 is 0 Å². The van der Waals surface area contributed by atoms with E-state index < -0.39 is 0 Å². The van der Waals surface area contributed by atoms with Crippen molar-refractivity contribution < 1.29 is 9.47 Å². The first kappa shape index (κ1) is 34.4. The minimum atomic E-state index is 0.316. The smallest absolute Gasteiger partial charge is 0.135 e. The molecule has 1 aliphatic rings. The second-order valence-electron chi connectivity index (χ2n) is 11.7. The summed E-state index contributed by atoms with van der Waals surface area (Å²) in [6.45, 7) is 0. The van der Waals surface area contributed by atoms with Gasteiger partial charge in [0.05, 0.1) is 25.4 Å². The molecule has 1 aliphatic heterocycles. The lowest BCUT2D eigenvalue weighted by Crippen LogP contribution is -1.93. The molecule has 10 heteroatoms. The standard InChI is InChI=1S/C42H28N2O2S6/c1-45-41-29-9-12-32(36-16-18-40(52-36)38-14-8-28(50-38)22-26(24-44)34-6-4-20-48-34)42(46-2)30(29)10-11-31(41)35-15-17-39(51-35)37-13-7-27(49-37)21-25(23-43)33-5-3-19-47-33/h3-13,15-22,38H,14H2,1-2H3/b25-21+,26-22+. The average Bonchev–Trinajstić information content (AvgIpc) is 4.03. The molecule has 0 spiro atoms. The van der Waals surface area contributed by atoms with Crippen LogP contribution < -0.4 is 9.47 Å². The van der Waals surface area contributed by atoms with E-state index in [1.807, 2.05) is 58.9 Å². The fourth-order valence-corrected chi connectivity index (χ4v) is 12.1. The lowest BCUT2D eigenvalue weighted by molar-refractivity contribution is 0.417. The zero-order valence-corrected chi connectivity index (χ0v) is 32.8. The number of thioether (sulfide) groups is 1. The zero-order valence-electron chi connectivity index (χ0n) is 27.9. The Morgan fingerprint density at radius 1 is 0.654 bits per heavy atom. The molecule has 52 heavy (non-hydrogen) atoms. The van der Waals surface area contributed by atoms with E-state index >= 15 is 0 Å². The van der Waals surface area contributed by atoms with Crippen LogP contribution in [-0.2, 0) is 0 Å². The number of nitriles is 2. The highest BCUT2D eigenvalue weighted by molar-refractivity contribution is 8.03. The number of hydrogen-bond donors (Lipinski definition) is 0. The van der Waals surface area contributed by atoms with Crippen molar-refractivity contribution in [3.05, 3.63) is 132 Å². The molecule has 6 heterocycles. The molecule has 7 aromatic rings. The molecule has 1 unspecified atom stereocenters. The van der Waals surface area contributed by atoms with Gasteiger partial charge in [0.2, 0.25) is 0 Å². The molecule has 0 N–H and O–H groups in total. The quantitative estimate of drug-likeness (QED) is 0.129. The van der Waals surface area contributed by atoms with E-state index in [1.54, 1.807) is 70.9 Å². The third-order valence-corrected chi connectivity index (χ3v) is 15.5. The van der Waals surface area contributed by atoms with Crippen LogP contribution in [0.25, 0.3) is 58.6 Å². The Bertz CT molecular complexity index is 2580. The van der Waals surface area contributed by atoms with Crippen molar-refractivity contribution in [1.82, 2.24) is 0 Å². The Labute approximate surface area is 326 Å². The minimum Gasteiger partial charge on any atom is -0.495 e. The highest BCUT2D eigenvalue weighted by atomic mass is 32.2. The lowest BCUT2D eigenvalue weighted by atomic mass is 10.00. The molecule has 5 aromatic heterocycles. The van der Waals surface area contributed by atoms with Crippen molar-refractivity contribution in [3.63, 3.8) is 0 Å². The normalized spacial score (nSPS) is 14.7. The van der Waals surface area contributed by atoms with Crippen molar-refractivity contribution in [2.75, 3.05) is 14.2 Å². The van der Waals surface area contributed by atoms with Crippen LogP contribution >= 0.6 is 68.4 Å². The van der Waals surface area contributed by atoms with E-state index in [1.165, 1.54) is 9.75 Å². The number of methoxy groups -OCH3 is 2. The predicted molar refractivity (Wildman–Crippen MR) is 226 cm³/mol. The number of ether oxygens (including phenoxy) is 2. The van der Waals surface area contributed by atoms with Crippen LogP contribution in [0.5, 0.6) is 11.5 Å². The van der Waals surface area contributed by atoms with E-state index in [-0.39, 0.29) is 0 Å². The summed E-state index contributed by atoms with van der Waals surface area (Å²) >= 11 is 10.2. The maximum Gasteiger partial charge on any atom is 0.135 e. The van der Waals surface area contributed by atoms with Gasteiger partial charge in [-0.1, -0.05) is 18.2 Å². The molecular weight excluding hydrogens is 757 g/mol. The van der Waals surface area contributed by atoms with Gasteiger partial charge in [-0.25, -0.2) is 0 Å². The number of hydrogen-bond acceptors (Lipinski definition) is 10. The van der Waals surface area contributed by atoms with E-state index in [2.05, 4.69) is 78.9 Å². The van der Waals surface area contributed by atoms with Gasteiger partial charge in [-0.2, -0.15) is 10.5 Å². The highest BCUT2D eigenvalue weighted by Crippen LogP contribution is 2.51. The molecule has 0 aliphatic carbocycles. The van der Waals surface area contributed by atoms with Crippen molar-refractivity contribution >= 4 is 96.4 Å².